The standard InChI is InChI=1S/C14H21ClN2O/c1-11(2)17-7-6-14(9-17,10-18)16-13-5-3-4-12(15)8-13/h3-5,8,11,16,18H,6-7,9-10H2,1-2H3. The van der Waals surface area contributed by atoms with Gasteiger partial charge in [-0.05, 0) is 38.5 Å². The third-order valence-corrected chi connectivity index (χ3v) is 3.89. The molecule has 100 valence electrons. The maximum atomic E-state index is 9.72. The van der Waals surface area contributed by atoms with Gasteiger partial charge in [0.2, 0.25) is 0 Å². The summed E-state index contributed by atoms with van der Waals surface area (Å²) in [5, 5.41) is 13.9. The molecule has 3 nitrogen and oxygen atoms in total. The smallest absolute Gasteiger partial charge is 0.0742 e. The van der Waals surface area contributed by atoms with E-state index in [1.165, 1.54) is 0 Å². The molecular formula is C14H21ClN2O. The van der Waals surface area contributed by atoms with E-state index in [1.807, 2.05) is 24.3 Å². The third-order valence-electron chi connectivity index (χ3n) is 3.65. The second-order valence-corrected chi connectivity index (χ2v) is 5.82. The Hall–Kier alpha value is -0.770. The van der Waals surface area contributed by atoms with E-state index in [-0.39, 0.29) is 12.1 Å². The Kier molecular flexibility index (Phi) is 4.15. The molecule has 1 heterocycles. The fraction of sp³-hybridized carbons (Fsp3) is 0.571. The van der Waals surface area contributed by atoms with Gasteiger partial charge in [0.1, 0.15) is 0 Å². The minimum absolute atomic E-state index is 0.142. The maximum absolute atomic E-state index is 9.72. The van der Waals surface area contributed by atoms with E-state index in [2.05, 4.69) is 24.1 Å². The van der Waals surface area contributed by atoms with Gasteiger partial charge in [-0.25, -0.2) is 0 Å². The minimum atomic E-state index is -0.241. The summed E-state index contributed by atoms with van der Waals surface area (Å²) in [6.45, 7) is 6.40. The summed E-state index contributed by atoms with van der Waals surface area (Å²) in [7, 11) is 0. The van der Waals surface area contributed by atoms with Gasteiger partial charge in [-0.3, -0.25) is 4.90 Å². The van der Waals surface area contributed by atoms with Gasteiger partial charge < -0.3 is 10.4 Å². The van der Waals surface area contributed by atoms with Gasteiger partial charge in [0.05, 0.1) is 12.1 Å². The van der Waals surface area contributed by atoms with Crippen molar-refractivity contribution in [3.8, 4) is 0 Å². The Labute approximate surface area is 114 Å². The highest BCUT2D eigenvalue weighted by molar-refractivity contribution is 6.30. The summed E-state index contributed by atoms with van der Waals surface area (Å²) in [4.78, 5) is 2.38. The number of benzene rings is 1. The van der Waals surface area contributed by atoms with Crippen LogP contribution in [0.3, 0.4) is 0 Å². The van der Waals surface area contributed by atoms with Crippen LogP contribution in [0.15, 0.2) is 24.3 Å². The molecule has 2 N–H and O–H groups in total. The average molecular weight is 269 g/mol. The summed E-state index contributed by atoms with van der Waals surface area (Å²) in [5.74, 6) is 0. The maximum Gasteiger partial charge on any atom is 0.0742 e. The first-order valence-corrected chi connectivity index (χ1v) is 6.81. The molecule has 0 aliphatic carbocycles. The molecule has 0 amide bonds. The van der Waals surface area contributed by atoms with Gasteiger partial charge in [-0.1, -0.05) is 17.7 Å². The molecule has 0 bridgehead atoms. The number of nitrogens with one attached hydrogen (secondary N) is 1. The largest absolute Gasteiger partial charge is 0.394 e. The fourth-order valence-electron chi connectivity index (χ4n) is 2.49. The highest BCUT2D eigenvalue weighted by atomic mass is 35.5. The topological polar surface area (TPSA) is 35.5 Å². The Bertz CT molecular complexity index is 411. The van der Waals surface area contributed by atoms with Crippen LogP contribution >= 0.6 is 11.6 Å². The second kappa shape index (κ2) is 5.47. The number of hydrogen-bond donors (Lipinski definition) is 2. The van der Waals surface area contributed by atoms with Crippen LogP contribution in [-0.2, 0) is 0 Å². The zero-order chi connectivity index (χ0) is 13.2. The second-order valence-electron chi connectivity index (χ2n) is 5.39. The molecule has 0 saturated carbocycles. The van der Waals surface area contributed by atoms with Crippen molar-refractivity contribution in [2.24, 2.45) is 0 Å². The number of anilines is 1. The van der Waals surface area contributed by atoms with Crippen LogP contribution in [-0.4, -0.2) is 41.3 Å². The van der Waals surface area contributed by atoms with E-state index in [0.29, 0.717) is 11.1 Å². The average Bonchev–Trinajstić information content (AvgIpc) is 2.74. The van der Waals surface area contributed by atoms with Crippen LogP contribution in [0.4, 0.5) is 5.69 Å². The van der Waals surface area contributed by atoms with Crippen molar-refractivity contribution < 1.29 is 5.11 Å². The summed E-state index contributed by atoms with van der Waals surface area (Å²) in [5.41, 5.74) is 0.733. The summed E-state index contributed by atoms with van der Waals surface area (Å²) < 4.78 is 0. The van der Waals surface area contributed by atoms with E-state index in [0.717, 1.165) is 25.2 Å². The van der Waals surface area contributed by atoms with Crippen molar-refractivity contribution in [3.05, 3.63) is 29.3 Å². The molecule has 1 unspecified atom stereocenters. The molecule has 1 aliphatic rings. The molecule has 0 aromatic heterocycles. The zero-order valence-electron chi connectivity index (χ0n) is 11.0. The lowest BCUT2D eigenvalue weighted by molar-refractivity contribution is 0.196. The molecular weight excluding hydrogens is 248 g/mol. The molecule has 0 spiro atoms. The van der Waals surface area contributed by atoms with Crippen molar-refractivity contribution in [1.82, 2.24) is 4.90 Å². The van der Waals surface area contributed by atoms with Gasteiger partial charge in [0.25, 0.3) is 0 Å². The molecule has 1 fully saturated rings. The van der Waals surface area contributed by atoms with E-state index < -0.39 is 0 Å². The lowest BCUT2D eigenvalue weighted by Crippen LogP contribution is -2.45. The lowest BCUT2D eigenvalue weighted by Gasteiger charge is -2.31. The number of nitrogens with zero attached hydrogens (tertiary/aromatic N) is 1. The Morgan fingerprint density at radius 1 is 1.50 bits per heavy atom. The number of halogens is 1. The number of aliphatic hydroxyl groups excluding tert-OH is 1. The Balaban J connectivity index is 2.10. The molecule has 4 heteroatoms. The van der Waals surface area contributed by atoms with Crippen LogP contribution in [0.1, 0.15) is 20.3 Å². The monoisotopic (exact) mass is 268 g/mol. The summed E-state index contributed by atoms with van der Waals surface area (Å²) in [6, 6.07) is 8.18. The molecule has 18 heavy (non-hydrogen) atoms. The molecule has 1 saturated heterocycles. The quantitative estimate of drug-likeness (QED) is 0.881. The number of aliphatic hydroxyl groups is 1. The number of rotatable bonds is 4. The molecule has 0 radical (unpaired) electrons. The van der Waals surface area contributed by atoms with E-state index in [1.54, 1.807) is 0 Å². The fourth-order valence-corrected chi connectivity index (χ4v) is 2.68. The van der Waals surface area contributed by atoms with Gasteiger partial charge in [0.15, 0.2) is 0 Å². The van der Waals surface area contributed by atoms with Crippen LogP contribution in [0.25, 0.3) is 0 Å². The highest BCUT2D eigenvalue weighted by Gasteiger charge is 2.38. The van der Waals surface area contributed by atoms with Crippen molar-refractivity contribution in [2.45, 2.75) is 31.8 Å². The SMILES string of the molecule is CC(C)N1CCC(CO)(Nc2cccc(Cl)c2)C1. The van der Waals surface area contributed by atoms with Crippen LogP contribution in [0, 0.1) is 0 Å². The van der Waals surface area contributed by atoms with Gasteiger partial charge in [0, 0.05) is 29.8 Å². The first kappa shape index (κ1) is 13.7. The van der Waals surface area contributed by atoms with Crippen molar-refractivity contribution in [1.29, 1.82) is 0 Å². The van der Waals surface area contributed by atoms with Crippen molar-refractivity contribution in [2.75, 3.05) is 25.0 Å². The summed E-state index contributed by atoms with van der Waals surface area (Å²) >= 11 is 5.99. The van der Waals surface area contributed by atoms with Crippen molar-refractivity contribution >= 4 is 17.3 Å². The van der Waals surface area contributed by atoms with Gasteiger partial charge >= 0.3 is 0 Å². The third kappa shape index (κ3) is 2.97. The predicted octanol–water partition coefficient (Wildman–Crippen LogP) is 2.60. The van der Waals surface area contributed by atoms with Crippen LogP contribution in [0.5, 0.6) is 0 Å². The van der Waals surface area contributed by atoms with E-state index in [9.17, 15) is 5.11 Å². The zero-order valence-corrected chi connectivity index (χ0v) is 11.7. The molecule has 1 aliphatic heterocycles. The Morgan fingerprint density at radius 2 is 2.28 bits per heavy atom. The lowest BCUT2D eigenvalue weighted by atomic mass is 9.99. The predicted molar refractivity (Wildman–Crippen MR) is 76.2 cm³/mol. The van der Waals surface area contributed by atoms with E-state index >= 15 is 0 Å². The molecule has 1 aromatic carbocycles. The van der Waals surface area contributed by atoms with Crippen LogP contribution < -0.4 is 5.32 Å². The van der Waals surface area contributed by atoms with Gasteiger partial charge in [-0.2, -0.15) is 0 Å². The number of likely N-dealkylation sites (tertiary alicyclic amines) is 1. The van der Waals surface area contributed by atoms with Gasteiger partial charge in [-0.15, -0.1) is 0 Å². The Morgan fingerprint density at radius 3 is 2.83 bits per heavy atom. The number of hydrogen-bond acceptors (Lipinski definition) is 3. The molecule has 1 atom stereocenters. The first-order chi connectivity index (χ1) is 8.54. The van der Waals surface area contributed by atoms with Crippen LogP contribution in [0.2, 0.25) is 5.02 Å². The normalized spacial score (nSPS) is 24.7. The first-order valence-electron chi connectivity index (χ1n) is 6.43. The molecule has 2 rings (SSSR count). The molecule has 1 aromatic rings. The minimum Gasteiger partial charge on any atom is -0.394 e. The summed E-state index contributed by atoms with van der Waals surface area (Å²) in [6.07, 6.45) is 0.953. The van der Waals surface area contributed by atoms with E-state index in [4.69, 9.17) is 11.6 Å². The van der Waals surface area contributed by atoms with Crippen molar-refractivity contribution in [3.63, 3.8) is 0 Å². The highest BCUT2D eigenvalue weighted by Crippen LogP contribution is 2.28.